The monoisotopic (exact) mass is 737 g/mol. The molecule has 0 amide bonds. The molecule has 11 heteroatoms. The molecule has 1 saturated carbocycles. The number of pyridine rings is 1. The van der Waals surface area contributed by atoms with Gasteiger partial charge in [-0.1, -0.05) is 42.5 Å². The van der Waals surface area contributed by atoms with Crippen LogP contribution in [-0.4, -0.2) is 84.2 Å². The number of fused-ring (bicyclic) bond motifs is 1. The zero-order valence-corrected chi connectivity index (χ0v) is 31.8. The van der Waals surface area contributed by atoms with Crippen molar-refractivity contribution in [3.8, 4) is 22.3 Å². The Balaban J connectivity index is 1.14. The minimum Gasteiger partial charge on any atom is -0.381 e. The fourth-order valence-electron chi connectivity index (χ4n) is 7.93. The van der Waals surface area contributed by atoms with Crippen molar-refractivity contribution in [2.24, 2.45) is 4.36 Å². The molecule has 0 N–H and O–H groups in total. The summed E-state index contributed by atoms with van der Waals surface area (Å²) in [4.78, 5) is 10.7. The number of aromatic nitrogens is 2. The van der Waals surface area contributed by atoms with E-state index in [1.165, 1.54) is 20.8 Å². The first-order valence-electron chi connectivity index (χ1n) is 18.3. The summed E-state index contributed by atoms with van der Waals surface area (Å²) in [5.41, 5.74) is 8.36. The van der Waals surface area contributed by atoms with Crippen molar-refractivity contribution in [3.63, 3.8) is 0 Å². The first-order valence-corrected chi connectivity index (χ1v) is 21.9. The molecule has 1 aliphatic carbocycles. The predicted octanol–water partition coefficient (Wildman–Crippen LogP) is 7.29. The van der Waals surface area contributed by atoms with Gasteiger partial charge in [-0.3, -0.25) is 4.90 Å². The SMILES string of the molecule is Cc1cc(-c2cnc3c(c2)c(-c2ccc(S(C)(=O)=NC4CC4)cc2)cn3S(=O)(=O)Cc2ccccc2)cc(C)c1N1CCN(C2CCOCC2)CC1. The van der Waals surface area contributed by atoms with Gasteiger partial charge in [0.05, 0.1) is 21.5 Å². The van der Waals surface area contributed by atoms with E-state index in [2.05, 4.69) is 46.2 Å². The van der Waals surface area contributed by atoms with E-state index in [9.17, 15) is 12.6 Å². The summed E-state index contributed by atoms with van der Waals surface area (Å²) in [6, 6.07) is 24.1. The van der Waals surface area contributed by atoms with E-state index in [-0.39, 0.29) is 11.8 Å². The maximum absolute atomic E-state index is 14.0. The lowest BCUT2D eigenvalue weighted by atomic mass is 9.97. The fraction of sp³-hybridized carbons (Fsp3) is 0.390. The summed E-state index contributed by atoms with van der Waals surface area (Å²) in [5, 5.41) is 0.741. The average molecular weight is 738 g/mol. The van der Waals surface area contributed by atoms with E-state index >= 15 is 0 Å². The van der Waals surface area contributed by atoms with Crippen LogP contribution in [0.25, 0.3) is 33.3 Å². The molecule has 0 radical (unpaired) electrons. The van der Waals surface area contributed by atoms with E-state index < -0.39 is 19.8 Å². The highest BCUT2D eigenvalue weighted by atomic mass is 32.2. The van der Waals surface area contributed by atoms with Gasteiger partial charge in [-0.2, -0.15) is 0 Å². The van der Waals surface area contributed by atoms with Crippen LogP contribution in [0.1, 0.15) is 42.4 Å². The number of hydrogen-bond acceptors (Lipinski definition) is 8. The Morgan fingerprint density at radius 2 is 1.48 bits per heavy atom. The van der Waals surface area contributed by atoms with Crippen LogP contribution in [0.2, 0.25) is 0 Å². The van der Waals surface area contributed by atoms with Crippen molar-refractivity contribution in [1.29, 1.82) is 0 Å². The lowest BCUT2D eigenvalue weighted by Crippen LogP contribution is -2.52. The molecule has 2 aromatic heterocycles. The van der Waals surface area contributed by atoms with Gasteiger partial charge >= 0.3 is 0 Å². The van der Waals surface area contributed by atoms with Gasteiger partial charge in [0.1, 0.15) is 0 Å². The zero-order chi connectivity index (χ0) is 36.0. The molecule has 4 heterocycles. The topological polar surface area (TPSA) is 97.1 Å². The number of piperazine rings is 1. The van der Waals surface area contributed by atoms with E-state index in [1.807, 2.05) is 54.6 Å². The van der Waals surface area contributed by atoms with Crippen molar-refractivity contribution in [2.45, 2.75) is 62.3 Å². The zero-order valence-electron chi connectivity index (χ0n) is 30.2. The second kappa shape index (κ2) is 14.1. The van der Waals surface area contributed by atoms with Gasteiger partial charge in [-0.15, -0.1) is 0 Å². The third-order valence-electron chi connectivity index (χ3n) is 10.8. The smallest absolute Gasteiger partial charge is 0.244 e. The summed E-state index contributed by atoms with van der Waals surface area (Å²) in [5.74, 6) is -0.150. The van der Waals surface area contributed by atoms with Crippen LogP contribution in [0.4, 0.5) is 5.69 Å². The molecule has 1 atom stereocenters. The second-order valence-corrected chi connectivity index (χ2v) is 18.8. The van der Waals surface area contributed by atoms with Crippen LogP contribution in [-0.2, 0) is 30.2 Å². The van der Waals surface area contributed by atoms with Gasteiger partial charge in [0.25, 0.3) is 0 Å². The number of ether oxygens (including phenoxy) is 1. The normalized spacial score (nSPS) is 18.8. The minimum atomic E-state index is -3.81. The van der Waals surface area contributed by atoms with Crippen LogP contribution in [0.3, 0.4) is 0 Å². The predicted molar refractivity (Wildman–Crippen MR) is 210 cm³/mol. The molecule has 9 nitrogen and oxygen atoms in total. The molecular formula is C41H47N5O4S2. The highest BCUT2D eigenvalue weighted by molar-refractivity contribution is 7.93. The molecule has 2 aliphatic heterocycles. The number of anilines is 1. The Kier molecular flexibility index (Phi) is 9.48. The maximum Gasteiger partial charge on any atom is 0.244 e. The third kappa shape index (κ3) is 7.16. The van der Waals surface area contributed by atoms with Crippen LogP contribution in [0.5, 0.6) is 0 Å². The van der Waals surface area contributed by atoms with Crippen molar-refractivity contribution >= 4 is 36.5 Å². The van der Waals surface area contributed by atoms with E-state index in [0.717, 1.165) is 92.7 Å². The van der Waals surface area contributed by atoms with Gasteiger partial charge in [0.15, 0.2) is 5.65 Å². The van der Waals surface area contributed by atoms with Crippen molar-refractivity contribution in [3.05, 3.63) is 102 Å². The number of aryl methyl sites for hydroxylation is 2. The van der Waals surface area contributed by atoms with Crippen LogP contribution in [0.15, 0.2) is 94.4 Å². The lowest BCUT2D eigenvalue weighted by Gasteiger charge is -2.42. The van der Waals surface area contributed by atoms with Crippen LogP contribution >= 0.6 is 0 Å². The second-order valence-electron chi connectivity index (χ2n) is 14.7. The van der Waals surface area contributed by atoms with Crippen molar-refractivity contribution in [1.82, 2.24) is 13.9 Å². The summed E-state index contributed by atoms with van der Waals surface area (Å²) < 4.78 is 52.8. The highest BCUT2D eigenvalue weighted by Crippen LogP contribution is 2.37. The van der Waals surface area contributed by atoms with Gasteiger partial charge in [-0.25, -0.2) is 25.9 Å². The molecule has 52 heavy (non-hydrogen) atoms. The quantitative estimate of drug-likeness (QED) is 0.157. The summed E-state index contributed by atoms with van der Waals surface area (Å²) in [6.45, 7) is 10.2. The fourth-order valence-corrected chi connectivity index (χ4v) is 10.9. The van der Waals surface area contributed by atoms with E-state index in [4.69, 9.17) is 9.72 Å². The molecule has 3 aromatic carbocycles. The molecular weight excluding hydrogens is 691 g/mol. The Labute approximate surface area is 307 Å². The van der Waals surface area contributed by atoms with Gasteiger partial charge in [0.2, 0.25) is 10.0 Å². The van der Waals surface area contributed by atoms with Gasteiger partial charge in [-0.05, 0) is 97.7 Å². The molecule has 1 unspecified atom stereocenters. The molecule has 2 saturated heterocycles. The summed E-state index contributed by atoms with van der Waals surface area (Å²) in [6.07, 6.45) is 9.40. The van der Waals surface area contributed by atoms with Gasteiger partial charge < -0.3 is 9.64 Å². The number of nitrogens with zero attached hydrogens (tertiary/aromatic N) is 5. The molecule has 5 aromatic rings. The van der Waals surface area contributed by atoms with E-state index in [1.54, 1.807) is 18.6 Å². The Hall–Kier alpha value is -4.03. The summed E-state index contributed by atoms with van der Waals surface area (Å²) >= 11 is 0. The molecule has 0 spiro atoms. The Bertz CT molecular complexity index is 2310. The average Bonchev–Trinajstić information content (AvgIpc) is 3.87. The Morgan fingerprint density at radius 3 is 2.13 bits per heavy atom. The van der Waals surface area contributed by atoms with Crippen molar-refractivity contribution < 1.29 is 17.4 Å². The Morgan fingerprint density at radius 1 is 0.808 bits per heavy atom. The van der Waals surface area contributed by atoms with Crippen LogP contribution in [0, 0.1) is 13.8 Å². The minimum absolute atomic E-state index is 0.150. The molecule has 3 fully saturated rings. The number of rotatable bonds is 9. The largest absolute Gasteiger partial charge is 0.381 e. The number of benzene rings is 3. The highest BCUT2D eigenvalue weighted by Gasteiger charge is 2.28. The first-order chi connectivity index (χ1) is 25.1. The third-order valence-corrected chi connectivity index (χ3v) is 14.2. The molecule has 3 aliphatic rings. The van der Waals surface area contributed by atoms with E-state index in [0.29, 0.717) is 22.1 Å². The number of hydrogen-bond donors (Lipinski definition) is 0. The van der Waals surface area contributed by atoms with Crippen LogP contribution < -0.4 is 4.90 Å². The maximum atomic E-state index is 14.0. The first kappa shape index (κ1) is 35.0. The molecule has 0 bridgehead atoms. The lowest BCUT2D eigenvalue weighted by molar-refractivity contribution is 0.0321. The molecule has 272 valence electrons. The summed E-state index contributed by atoms with van der Waals surface area (Å²) in [7, 11) is -6.32. The standard InChI is InChI=1S/C41H47N5O4S2/c1-29-23-33(24-30(2)40(29)45-19-17-44(18-20-45)36-15-21-50-22-16-36)34-25-38-39(32-9-13-37(14-10-32)51(3,47)43-35-11-12-35)27-46(41(38)42-26-34)52(48,49)28-31-7-5-4-6-8-31/h4-10,13-14,23-27,35-36H,11-12,15-22,28H2,1-3H3. The molecule has 8 rings (SSSR count). The van der Waals surface area contributed by atoms with Crippen molar-refractivity contribution in [2.75, 3.05) is 50.5 Å². The van der Waals surface area contributed by atoms with Gasteiger partial charge in [0, 0.05) is 91.2 Å².